The molecule has 5 heteroatoms. The van der Waals surface area contributed by atoms with Crippen LogP contribution in [0.4, 0.5) is 0 Å². The Bertz CT molecular complexity index is 952. The third kappa shape index (κ3) is 1.78. The van der Waals surface area contributed by atoms with Gasteiger partial charge in [-0.05, 0) is 53.9 Å². The van der Waals surface area contributed by atoms with Gasteiger partial charge in [0.15, 0.2) is 23.0 Å². The van der Waals surface area contributed by atoms with E-state index < -0.39 is 0 Å². The number of hydrogen-bond donors (Lipinski definition) is 1. The van der Waals surface area contributed by atoms with Gasteiger partial charge in [-0.25, -0.2) is 0 Å². The molecule has 1 N–H and O–H groups in total. The molecule has 2 aromatic carbocycles. The van der Waals surface area contributed by atoms with E-state index in [2.05, 4.69) is 24.6 Å². The molecule has 134 valence electrons. The maximum Gasteiger partial charge on any atom is 0.231 e. The number of phenolic OH excluding ortho intramolecular Hbond substituents is 1. The monoisotopic (exact) mass is 351 g/mol. The van der Waals surface area contributed by atoms with Gasteiger partial charge in [0.05, 0.1) is 12.6 Å². The molecule has 0 aromatic heterocycles. The van der Waals surface area contributed by atoms with Crippen LogP contribution in [0.3, 0.4) is 0 Å². The van der Waals surface area contributed by atoms with E-state index in [-0.39, 0.29) is 18.1 Å². The van der Waals surface area contributed by atoms with Gasteiger partial charge in [-0.1, -0.05) is 12.6 Å². The van der Waals surface area contributed by atoms with Crippen LogP contribution >= 0.6 is 0 Å². The van der Waals surface area contributed by atoms with Crippen molar-refractivity contribution >= 4 is 5.57 Å². The normalized spacial score (nSPS) is 23.2. The maximum absolute atomic E-state index is 10.2. The van der Waals surface area contributed by atoms with E-state index in [4.69, 9.17) is 14.2 Å². The molecule has 0 saturated carbocycles. The molecule has 1 aliphatic carbocycles. The predicted molar refractivity (Wildman–Crippen MR) is 98.0 cm³/mol. The average Bonchev–Trinajstić information content (AvgIpc) is 3.22. The number of nitrogens with zero attached hydrogens (tertiary/aromatic N) is 1. The highest BCUT2D eigenvalue weighted by Gasteiger charge is 2.50. The van der Waals surface area contributed by atoms with Gasteiger partial charge in [-0.15, -0.1) is 0 Å². The lowest BCUT2D eigenvalue weighted by molar-refractivity contribution is 0.162. The fraction of sp³-hybridized carbons (Fsp3) is 0.333. The van der Waals surface area contributed by atoms with Crippen LogP contribution in [0.25, 0.3) is 5.57 Å². The van der Waals surface area contributed by atoms with E-state index in [1.165, 1.54) is 0 Å². The first kappa shape index (κ1) is 15.6. The van der Waals surface area contributed by atoms with Crippen LogP contribution in [0.2, 0.25) is 0 Å². The molecule has 1 atom stereocenters. The highest BCUT2D eigenvalue weighted by molar-refractivity contribution is 5.84. The van der Waals surface area contributed by atoms with Crippen molar-refractivity contribution in [3.05, 3.63) is 53.1 Å². The molecular formula is C21H21NO4. The number of ether oxygens (including phenoxy) is 3. The Morgan fingerprint density at radius 1 is 1.27 bits per heavy atom. The van der Waals surface area contributed by atoms with Crippen LogP contribution in [0.5, 0.6) is 23.0 Å². The smallest absolute Gasteiger partial charge is 0.231 e. The van der Waals surface area contributed by atoms with Gasteiger partial charge in [0.25, 0.3) is 0 Å². The van der Waals surface area contributed by atoms with E-state index in [1.807, 2.05) is 18.2 Å². The van der Waals surface area contributed by atoms with Crippen LogP contribution in [0.1, 0.15) is 22.3 Å². The lowest BCUT2D eigenvalue weighted by atomic mass is 9.76. The van der Waals surface area contributed by atoms with Crippen molar-refractivity contribution in [1.82, 2.24) is 4.90 Å². The fourth-order valence-electron chi connectivity index (χ4n) is 4.75. The minimum absolute atomic E-state index is 0.185. The Hall–Kier alpha value is -2.66. The second-order valence-electron chi connectivity index (χ2n) is 7.19. The third-order valence-electron chi connectivity index (χ3n) is 6.12. The Kier molecular flexibility index (Phi) is 3.10. The second kappa shape index (κ2) is 5.17. The summed E-state index contributed by atoms with van der Waals surface area (Å²) in [6.45, 7) is 5.64. The number of methoxy groups -OCH3 is 1. The molecule has 0 radical (unpaired) electrons. The van der Waals surface area contributed by atoms with Crippen molar-refractivity contribution in [2.45, 2.75) is 18.4 Å². The Balaban J connectivity index is 1.74. The van der Waals surface area contributed by atoms with Crippen molar-refractivity contribution in [2.75, 3.05) is 27.5 Å². The lowest BCUT2D eigenvalue weighted by Gasteiger charge is -2.45. The molecule has 5 nitrogen and oxygen atoms in total. The van der Waals surface area contributed by atoms with Crippen LogP contribution in [0.15, 0.2) is 30.8 Å². The molecule has 0 saturated heterocycles. The van der Waals surface area contributed by atoms with Gasteiger partial charge in [0.1, 0.15) is 0 Å². The minimum Gasteiger partial charge on any atom is -0.504 e. The average molecular weight is 351 g/mol. The summed E-state index contributed by atoms with van der Waals surface area (Å²) in [6.07, 6.45) is 1.65. The highest BCUT2D eigenvalue weighted by atomic mass is 16.7. The fourth-order valence-corrected chi connectivity index (χ4v) is 4.75. The zero-order chi connectivity index (χ0) is 18.1. The minimum atomic E-state index is -0.363. The summed E-state index contributed by atoms with van der Waals surface area (Å²) >= 11 is 0. The molecular weight excluding hydrogens is 330 g/mol. The van der Waals surface area contributed by atoms with E-state index in [1.54, 1.807) is 7.11 Å². The molecule has 26 heavy (non-hydrogen) atoms. The Morgan fingerprint density at radius 2 is 2.12 bits per heavy atom. The summed E-state index contributed by atoms with van der Waals surface area (Å²) in [7, 11) is 3.72. The first-order valence-corrected chi connectivity index (χ1v) is 8.79. The highest BCUT2D eigenvalue weighted by Crippen LogP contribution is 2.57. The number of benzene rings is 2. The number of aromatic hydroxyl groups is 1. The Morgan fingerprint density at radius 3 is 2.92 bits per heavy atom. The van der Waals surface area contributed by atoms with Crippen molar-refractivity contribution in [1.29, 1.82) is 0 Å². The summed E-state index contributed by atoms with van der Waals surface area (Å²) in [5.74, 6) is 2.32. The first-order valence-electron chi connectivity index (χ1n) is 8.79. The number of likely N-dealkylation sites (N-methyl/N-ethyl adjacent to an activating group) is 1. The van der Waals surface area contributed by atoms with Crippen molar-refractivity contribution < 1.29 is 19.3 Å². The largest absolute Gasteiger partial charge is 0.504 e. The third-order valence-corrected chi connectivity index (χ3v) is 6.12. The molecule has 0 unspecified atom stereocenters. The van der Waals surface area contributed by atoms with Crippen molar-refractivity contribution in [2.24, 2.45) is 0 Å². The van der Waals surface area contributed by atoms with Crippen LogP contribution in [-0.4, -0.2) is 37.5 Å². The number of fused-ring (bicyclic) bond motifs is 5. The van der Waals surface area contributed by atoms with Crippen LogP contribution in [0, 0.1) is 0 Å². The van der Waals surface area contributed by atoms with Gasteiger partial charge < -0.3 is 19.3 Å². The molecule has 3 aliphatic rings. The molecule has 0 bridgehead atoms. The van der Waals surface area contributed by atoms with E-state index in [0.717, 1.165) is 58.7 Å². The molecule has 0 amide bonds. The Labute approximate surface area is 152 Å². The predicted octanol–water partition coefficient (Wildman–Crippen LogP) is 3.08. The summed E-state index contributed by atoms with van der Waals surface area (Å²) < 4.78 is 16.7. The lowest BCUT2D eigenvalue weighted by Crippen LogP contribution is -2.48. The zero-order valence-electron chi connectivity index (χ0n) is 15.0. The van der Waals surface area contributed by atoms with Gasteiger partial charge in [0, 0.05) is 18.5 Å². The SMILES string of the molecule is C=C1c2ccc3c(c2C[C@]12c1cc(OC)c(O)cc1CCN2C)OCO3. The number of hydrogen-bond acceptors (Lipinski definition) is 5. The molecule has 2 aromatic rings. The van der Waals surface area contributed by atoms with Gasteiger partial charge in [-0.3, -0.25) is 4.90 Å². The molecule has 5 rings (SSSR count). The van der Waals surface area contributed by atoms with Crippen molar-refractivity contribution in [3.8, 4) is 23.0 Å². The quantitative estimate of drug-likeness (QED) is 0.856. The second-order valence-corrected chi connectivity index (χ2v) is 7.19. The van der Waals surface area contributed by atoms with E-state index in [0.29, 0.717) is 5.75 Å². The van der Waals surface area contributed by atoms with Gasteiger partial charge >= 0.3 is 0 Å². The van der Waals surface area contributed by atoms with E-state index >= 15 is 0 Å². The standard InChI is InChI=1S/C21H21NO4/c1-12-14-4-5-18-20(26-11-25-18)15(14)10-21(12)16-9-19(24-3)17(23)8-13(16)6-7-22(21)2/h4-5,8-9,23H,1,6-7,10-11H2,2-3H3/t21-/m1/s1. The molecule has 0 fully saturated rings. The zero-order valence-corrected chi connectivity index (χ0v) is 15.0. The summed E-state index contributed by atoms with van der Waals surface area (Å²) in [6, 6.07) is 7.85. The summed E-state index contributed by atoms with van der Waals surface area (Å²) in [5, 5.41) is 10.2. The van der Waals surface area contributed by atoms with Crippen LogP contribution in [-0.2, 0) is 18.4 Å². The molecule has 2 heterocycles. The molecule has 1 spiro atoms. The first-order chi connectivity index (χ1) is 12.6. The van der Waals surface area contributed by atoms with Gasteiger partial charge in [0.2, 0.25) is 6.79 Å². The summed E-state index contributed by atoms with van der Waals surface area (Å²) in [5.41, 5.74) is 5.26. The molecule has 2 aliphatic heterocycles. The maximum atomic E-state index is 10.2. The van der Waals surface area contributed by atoms with Gasteiger partial charge in [-0.2, -0.15) is 0 Å². The van der Waals surface area contributed by atoms with Crippen molar-refractivity contribution in [3.63, 3.8) is 0 Å². The van der Waals surface area contributed by atoms with E-state index in [9.17, 15) is 5.11 Å². The number of phenols is 1. The topological polar surface area (TPSA) is 51.2 Å². The van der Waals surface area contributed by atoms with Crippen LogP contribution < -0.4 is 14.2 Å². The number of rotatable bonds is 1. The summed E-state index contributed by atoms with van der Waals surface area (Å²) in [4.78, 5) is 2.36.